The quantitative estimate of drug-likeness (QED) is 0.396. The maximum atomic E-state index is 13.0. The van der Waals surface area contributed by atoms with Crippen molar-refractivity contribution in [2.24, 2.45) is 0 Å². The fourth-order valence-electron chi connectivity index (χ4n) is 3.11. The Morgan fingerprint density at radius 2 is 1.83 bits per heavy atom. The van der Waals surface area contributed by atoms with Crippen molar-refractivity contribution in [3.05, 3.63) is 60.2 Å². The van der Waals surface area contributed by atoms with Gasteiger partial charge in [-0.2, -0.15) is 0 Å². The van der Waals surface area contributed by atoms with Gasteiger partial charge in [0.2, 0.25) is 5.91 Å². The van der Waals surface area contributed by atoms with Crippen LogP contribution in [-0.4, -0.2) is 45.7 Å². The zero-order chi connectivity index (χ0) is 20.6. The number of benzene rings is 2. The standard InChI is InChI=1S/C22H25N3O3S/c1-3-25-19-12-8-7-11-18(19)23-22(25)29-16-20(26)24(14-13-21(27)28-2)15-17-9-5-4-6-10-17/h4-12H,3,13-16H2,1-2H3. The van der Waals surface area contributed by atoms with Crippen LogP contribution in [0, 0.1) is 0 Å². The molecule has 0 bridgehead atoms. The Balaban J connectivity index is 1.71. The van der Waals surface area contributed by atoms with Crippen molar-refractivity contribution in [2.75, 3.05) is 19.4 Å². The predicted molar refractivity (Wildman–Crippen MR) is 115 cm³/mol. The third kappa shape index (κ3) is 5.38. The molecule has 0 aliphatic heterocycles. The summed E-state index contributed by atoms with van der Waals surface area (Å²) in [7, 11) is 1.36. The molecule has 6 nitrogen and oxygen atoms in total. The second kappa shape index (κ2) is 10.1. The number of nitrogens with zero attached hydrogens (tertiary/aromatic N) is 3. The lowest BCUT2D eigenvalue weighted by molar-refractivity contribution is -0.141. The van der Waals surface area contributed by atoms with Gasteiger partial charge in [-0.1, -0.05) is 54.2 Å². The summed E-state index contributed by atoms with van der Waals surface area (Å²) in [4.78, 5) is 30.9. The smallest absolute Gasteiger partial charge is 0.307 e. The van der Waals surface area contributed by atoms with Gasteiger partial charge in [0.15, 0.2) is 5.16 Å². The number of hydrogen-bond donors (Lipinski definition) is 0. The van der Waals surface area contributed by atoms with Gasteiger partial charge >= 0.3 is 5.97 Å². The van der Waals surface area contributed by atoms with Crippen LogP contribution in [0.5, 0.6) is 0 Å². The summed E-state index contributed by atoms with van der Waals surface area (Å²) in [5.74, 6) is -0.0918. The first kappa shape index (κ1) is 20.9. The number of carbonyl (C=O) groups is 2. The summed E-state index contributed by atoms with van der Waals surface area (Å²) >= 11 is 1.43. The minimum Gasteiger partial charge on any atom is -0.469 e. The molecule has 0 aliphatic rings. The number of fused-ring (bicyclic) bond motifs is 1. The Kier molecular flexibility index (Phi) is 7.30. The van der Waals surface area contributed by atoms with Gasteiger partial charge in [-0.3, -0.25) is 9.59 Å². The number of methoxy groups -OCH3 is 1. The summed E-state index contributed by atoms with van der Waals surface area (Å²) < 4.78 is 6.84. The van der Waals surface area contributed by atoms with Gasteiger partial charge in [-0.25, -0.2) is 4.98 Å². The number of aromatic nitrogens is 2. The lowest BCUT2D eigenvalue weighted by Gasteiger charge is -2.22. The fourth-order valence-corrected chi connectivity index (χ4v) is 4.09. The van der Waals surface area contributed by atoms with E-state index in [4.69, 9.17) is 4.74 Å². The molecule has 152 valence electrons. The van der Waals surface area contributed by atoms with E-state index in [1.165, 1.54) is 18.9 Å². The van der Waals surface area contributed by atoms with Crippen molar-refractivity contribution < 1.29 is 14.3 Å². The average Bonchev–Trinajstić information content (AvgIpc) is 3.12. The molecule has 3 rings (SSSR count). The highest BCUT2D eigenvalue weighted by molar-refractivity contribution is 7.99. The molecule has 3 aromatic rings. The Morgan fingerprint density at radius 1 is 1.10 bits per heavy atom. The van der Waals surface area contributed by atoms with Crippen LogP contribution >= 0.6 is 11.8 Å². The molecule has 1 amide bonds. The van der Waals surface area contributed by atoms with Crippen LogP contribution in [0.3, 0.4) is 0 Å². The summed E-state index contributed by atoms with van der Waals surface area (Å²) in [5.41, 5.74) is 3.02. The number of aryl methyl sites for hydroxylation is 1. The second-order valence-corrected chi connectivity index (χ2v) is 7.49. The molecule has 0 radical (unpaired) electrons. The van der Waals surface area contributed by atoms with Crippen LogP contribution in [-0.2, 0) is 27.4 Å². The molecule has 0 N–H and O–H groups in total. The van der Waals surface area contributed by atoms with Crippen molar-refractivity contribution in [1.82, 2.24) is 14.5 Å². The maximum absolute atomic E-state index is 13.0. The lowest BCUT2D eigenvalue weighted by atomic mass is 10.2. The minimum atomic E-state index is -0.323. The van der Waals surface area contributed by atoms with Crippen molar-refractivity contribution in [2.45, 2.75) is 31.6 Å². The zero-order valence-electron chi connectivity index (χ0n) is 16.7. The van der Waals surface area contributed by atoms with E-state index in [1.807, 2.05) is 54.6 Å². The van der Waals surface area contributed by atoms with Gasteiger partial charge in [0, 0.05) is 19.6 Å². The Bertz CT molecular complexity index is 972. The van der Waals surface area contributed by atoms with Crippen molar-refractivity contribution >= 4 is 34.7 Å². The summed E-state index contributed by atoms with van der Waals surface area (Å²) in [6.45, 7) is 3.64. The first-order chi connectivity index (χ1) is 14.1. The summed E-state index contributed by atoms with van der Waals surface area (Å²) in [5, 5.41) is 0.828. The van der Waals surface area contributed by atoms with Gasteiger partial charge in [-0.15, -0.1) is 0 Å². The van der Waals surface area contributed by atoms with Gasteiger partial charge in [0.25, 0.3) is 0 Å². The van der Waals surface area contributed by atoms with Gasteiger partial charge in [0.05, 0.1) is 30.3 Å². The molecular weight excluding hydrogens is 386 g/mol. The molecular formula is C22H25N3O3S. The van der Waals surface area contributed by atoms with Crippen LogP contribution in [0.25, 0.3) is 11.0 Å². The SMILES string of the molecule is CCn1c(SCC(=O)N(CCC(=O)OC)Cc2ccccc2)nc2ccccc21. The van der Waals surface area contributed by atoms with Crippen LogP contribution in [0.1, 0.15) is 18.9 Å². The highest BCUT2D eigenvalue weighted by atomic mass is 32.2. The molecule has 29 heavy (non-hydrogen) atoms. The normalized spacial score (nSPS) is 10.8. The van der Waals surface area contributed by atoms with Crippen molar-refractivity contribution in [3.8, 4) is 0 Å². The third-order valence-corrected chi connectivity index (χ3v) is 5.60. The van der Waals surface area contributed by atoms with E-state index in [0.29, 0.717) is 13.1 Å². The molecule has 2 aromatic carbocycles. The fraction of sp³-hybridized carbons (Fsp3) is 0.318. The Labute approximate surface area is 174 Å². The van der Waals surface area contributed by atoms with Crippen LogP contribution < -0.4 is 0 Å². The lowest BCUT2D eigenvalue weighted by Crippen LogP contribution is -2.34. The molecule has 0 atom stereocenters. The highest BCUT2D eigenvalue weighted by Gasteiger charge is 2.18. The van der Waals surface area contributed by atoms with E-state index < -0.39 is 0 Å². The maximum Gasteiger partial charge on any atom is 0.307 e. The number of esters is 1. The molecule has 1 heterocycles. The highest BCUT2D eigenvalue weighted by Crippen LogP contribution is 2.24. The van der Waals surface area contributed by atoms with E-state index in [1.54, 1.807) is 4.90 Å². The van der Waals surface area contributed by atoms with Gasteiger partial charge in [-0.05, 0) is 24.6 Å². The number of para-hydroxylation sites is 2. The molecule has 0 saturated carbocycles. The molecule has 0 aliphatic carbocycles. The number of amides is 1. The average molecular weight is 412 g/mol. The number of carbonyl (C=O) groups excluding carboxylic acids is 2. The molecule has 0 saturated heterocycles. The van der Waals surface area contributed by atoms with E-state index in [0.717, 1.165) is 28.3 Å². The van der Waals surface area contributed by atoms with E-state index >= 15 is 0 Å². The van der Waals surface area contributed by atoms with Crippen LogP contribution in [0.2, 0.25) is 0 Å². The predicted octanol–water partition coefficient (Wildman–Crippen LogP) is 3.74. The zero-order valence-corrected chi connectivity index (χ0v) is 17.5. The van der Waals surface area contributed by atoms with Crippen LogP contribution in [0.4, 0.5) is 0 Å². The molecule has 0 fully saturated rings. The van der Waals surface area contributed by atoms with E-state index in [2.05, 4.69) is 16.5 Å². The van der Waals surface area contributed by atoms with Crippen molar-refractivity contribution in [3.63, 3.8) is 0 Å². The van der Waals surface area contributed by atoms with Crippen LogP contribution in [0.15, 0.2) is 59.8 Å². The van der Waals surface area contributed by atoms with Crippen molar-refractivity contribution in [1.29, 1.82) is 0 Å². The van der Waals surface area contributed by atoms with Gasteiger partial charge < -0.3 is 14.2 Å². The Hall–Kier alpha value is -2.80. The molecule has 1 aromatic heterocycles. The van der Waals surface area contributed by atoms with E-state index in [-0.39, 0.29) is 24.1 Å². The third-order valence-electron chi connectivity index (χ3n) is 4.64. The number of hydrogen-bond acceptors (Lipinski definition) is 5. The summed E-state index contributed by atoms with van der Waals surface area (Å²) in [6, 6.07) is 17.7. The number of ether oxygens (including phenoxy) is 1. The molecule has 0 spiro atoms. The monoisotopic (exact) mass is 411 g/mol. The molecule has 7 heteroatoms. The molecule has 0 unspecified atom stereocenters. The van der Waals surface area contributed by atoms with Gasteiger partial charge in [0.1, 0.15) is 0 Å². The first-order valence-corrected chi connectivity index (χ1v) is 10.6. The number of thioether (sulfide) groups is 1. The van der Waals surface area contributed by atoms with E-state index in [9.17, 15) is 9.59 Å². The number of imidazole rings is 1. The number of rotatable bonds is 9. The largest absolute Gasteiger partial charge is 0.469 e. The first-order valence-electron chi connectivity index (χ1n) is 9.59. The Morgan fingerprint density at radius 3 is 2.55 bits per heavy atom. The minimum absolute atomic E-state index is 0.0301. The second-order valence-electron chi connectivity index (χ2n) is 6.54. The summed E-state index contributed by atoms with van der Waals surface area (Å²) in [6.07, 6.45) is 0.174. The topological polar surface area (TPSA) is 64.4 Å².